The monoisotopic (exact) mass is 353 g/mol. The zero-order chi connectivity index (χ0) is 17.9. The molecule has 0 spiro atoms. The SMILES string of the molecule is Cc1cc(Nc2ncn(-c3cccc(F)c3)n2)cc(N2CCOCC2)c1. The maximum atomic E-state index is 13.4. The maximum absolute atomic E-state index is 13.4. The fourth-order valence-corrected chi connectivity index (χ4v) is 3.03. The maximum Gasteiger partial charge on any atom is 0.246 e. The van der Waals surface area contributed by atoms with Gasteiger partial charge >= 0.3 is 0 Å². The Morgan fingerprint density at radius 3 is 2.73 bits per heavy atom. The summed E-state index contributed by atoms with van der Waals surface area (Å²) in [6.07, 6.45) is 1.57. The quantitative estimate of drug-likeness (QED) is 0.780. The number of aromatic nitrogens is 3. The van der Waals surface area contributed by atoms with Gasteiger partial charge in [0.05, 0.1) is 18.9 Å². The van der Waals surface area contributed by atoms with E-state index in [2.05, 4.69) is 39.4 Å². The fourth-order valence-electron chi connectivity index (χ4n) is 3.03. The van der Waals surface area contributed by atoms with Crippen LogP contribution in [0.5, 0.6) is 0 Å². The van der Waals surface area contributed by atoms with E-state index in [0.717, 1.165) is 43.2 Å². The van der Waals surface area contributed by atoms with Crippen molar-refractivity contribution in [2.75, 3.05) is 36.5 Å². The molecule has 1 aromatic heterocycles. The van der Waals surface area contributed by atoms with Crippen molar-refractivity contribution >= 4 is 17.3 Å². The van der Waals surface area contributed by atoms with E-state index in [1.165, 1.54) is 12.1 Å². The molecule has 0 amide bonds. The van der Waals surface area contributed by atoms with E-state index < -0.39 is 0 Å². The summed E-state index contributed by atoms with van der Waals surface area (Å²) in [6, 6.07) is 12.5. The third-order valence-corrected chi connectivity index (χ3v) is 4.26. The molecule has 1 N–H and O–H groups in total. The van der Waals surface area contributed by atoms with Gasteiger partial charge in [-0.15, -0.1) is 5.10 Å². The number of anilines is 3. The molecule has 134 valence electrons. The molecule has 2 heterocycles. The summed E-state index contributed by atoms with van der Waals surface area (Å²) in [4.78, 5) is 6.58. The van der Waals surface area contributed by atoms with E-state index in [1.54, 1.807) is 23.1 Å². The molecule has 0 unspecified atom stereocenters. The lowest BCUT2D eigenvalue weighted by Gasteiger charge is -2.29. The van der Waals surface area contributed by atoms with Gasteiger partial charge in [-0.3, -0.25) is 0 Å². The second-order valence-corrected chi connectivity index (χ2v) is 6.27. The zero-order valence-electron chi connectivity index (χ0n) is 14.5. The van der Waals surface area contributed by atoms with E-state index in [9.17, 15) is 4.39 Å². The lowest BCUT2D eigenvalue weighted by Crippen LogP contribution is -2.36. The zero-order valence-corrected chi connectivity index (χ0v) is 14.5. The molecule has 1 fully saturated rings. The number of morpholine rings is 1. The summed E-state index contributed by atoms with van der Waals surface area (Å²) in [6.45, 7) is 5.32. The van der Waals surface area contributed by atoms with Crippen molar-refractivity contribution in [1.82, 2.24) is 14.8 Å². The van der Waals surface area contributed by atoms with Gasteiger partial charge in [-0.2, -0.15) is 4.98 Å². The third kappa shape index (κ3) is 3.67. The molecule has 2 aromatic carbocycles. The van der Waals surface area contributed by atoms with E-state index in [4.69, 9.17) is 4.74 Å². The number of ether oxygens (including phenoxy) is 1. The van der Waals surface area contributed by atoms with Crippen LogP contribution in [0.15, 0.2) is 48.8 Å². The van der Waals surface area contributed by atoms with Crippen LogP contribution >= 0.6 is 0 Å². The largest absolute Gasteiger partial charge is 0.378 e. The number of halogens is 1. The molecule has 0 radical (unpaired) electrons. The van der Waals surface area contributed by atoms with Gasteiger partial charge in [0.25, 0.3) is 0 Å². The first-order valence-corrected chi connectivity index (χ1v) is 8.56. The number of nitrogens with one attached hydrogen (secondary N) is 1. The molecule has 6 nitrogen and oxygen atoms in total. The molecule has 0 saturated carbocycles. The standard InChI is InChI=1S/C19H20FN5O/c1-14-9-16(12-18(10-14)24-5-7-26-8-6-24)22-19-21-13-25(23-19)17-4-2-3-15(20)11-17/h2-4,9-13H,5-8H2,1H3,(H,22,23). The molecular formula is C19H20FN5O. The summed E-state index contributed by atoms with van der Waals surface area (Å²) in [7, 11) is 0. The van der Waals surface area contributed by atoms with E-state index in [-0.39, 0.29) is 5.82 Å². The van der Waals surface area contributed by atoms with Gasteiger partial charge in [-0.25, -0.2) is 9.07 Å². The van der Waals surface area contributed by atoms with Crippen LogP contribution in [0.4, 0.5) is 21.7 Å². The van der Waals surface area contributed by atoms with Crippen molar-refractivity contribution < 1.29 is 9.13 Å². The molecule has 0 aliphatic carbocycles. The Morgan fingerprint density at radius 1 is 1.08 bits per heavy atom. The average molecular weight is 353 g/mol. The normalized spacial score (nSPS) is 14.5. The number of hydrogen-bond donors (Lipinski definition) is 1. The molecule has 7 heteroatoms. The predicted octanol–water partition coefficient (Wildman–Crippen LogP) is 3.30. The van der Waals surface area contributed by atoms with Gasteiger partial charge in [0.2, 0.25) is 5.95 Å². The minimum Gasteiger partial charge on any atom is -0.378 e. The Hall–Kier alpha value is -2.93. The number of rotatable bonds is 4. The highest BCUT2D eigenvalue weighted by molar-refractivity contribution is 5.64. The topological polar surface area (TPSA) is 55.2 Å². The molecule has 1 aliphatic heterocycles. The van der Waals surface area contributed by atoms with Gasteiger partial charge < -0.3 is 15.0 Å². The summed E-state index contributed by atoms with van der Waals surface area (Å²) < 4.78 is 20.4. The molecule has 0 bridgehead atoms. The summed E-state index contributed by atoms with van der Waals surface area (Å²) in [5.74, 6) is 0.161. The summed E-state index contributed by atoms with van der Waals surface area (Å²) in [5, 5.41) is 7.62. The Morgan fingerprint density at radius 2 is 1.92 bits per heavy atom. The minimum absolute atomic E-state index is 0.304. The van der Waals surface area contributed by atoms with Crippen LogP contribution in [0.3, 0.4) is 0 Å². The van der Waals surface area contributed by atoms with Crippen LogP contribution in [0, 0.1) is 12.7 Å². The first kappa shape index (κ1) is 16.5. The highest BCUT2D eigenvalue weighted by atomic mass is 19.1. The van der Waals surface area contributed by atoms with Crippen molar-refractivity contribution in [1.29, 1.82) is 0 Å². The second kappa shape index (κ2) is 7.13. The highest BCUT2D eigenvalue weighted by Crippen LogP contribution is 2.25. The molecule has 1 saturated heterocycles. The molecule has 3 aromatic rings. The van der Waals surface area contributed by atoms with Crippen LogP contribution in [0.1, 0.15) is 5.56 Å². The van der Waals surface area contributed by atoms with Crippen molar-refractivity contribution in [3.05, 3.63) is 60.2 Å². The Balaban J connectivity index is 1.55. The lowest BCUT2D eigenvalue weighted by atomic mass is 10.1. The van der Waals surface area contributed by atoms with Crippen molar-refractivity contribution in [2.24, 2.45) is 0 Å². The fraction of sp³-hybridized carbons (Fsp3) is 0.263. The summed E-state index contributed by atoms with van der Waals surface area (Å²) in [5.41, 5.74) is 3.86. The Labute approximate surface area is 151 Å². The van der Waals surface area contributed by atoms with Crippen LogP contribution in [-0.2, 0) is 4.74 Å². The van der Waals surface area contributed by atoms with Gasteiger partial charge in [0.1, 0.15) is 12.1 Å². The van der Waals surface area contributed by atoms with E-state index in [1.807, 2.05) is 6.07 Å². The second-order valence-electron chi connectivity index (χ2n) is 6.27. The average Bonchev–Trinajstić information content (AvgIpc) is 3.10. The van der Waals surface area contributed by atoms with Crippen LogP contribution in [0.25, 0.3) is 5.69 Å². The first-order chi connectivity index (χ1) is 12.7. The summed E-state index contributed by atoms with van der Waals surface area (Å²) >= 11 is 0. The predicted molar refractivity (Wildman–Crippen MR) is 98.8 cm³/mol. The first-order valence-electron chi connectivity index (χ1n) is 8.56. The Kier molecular flexibility index (Phi) is 4.53. The minimum atomic E-state index is -0.304. The van der Waals surface area contributed by atoms with Crippen molar-refractivity contribution in [3.63, 3.8) is 0 Å². The van der Waals surface area contributed by atoms with Gasteiger partial charge in [0.15, 0.2) is 0 Å². The van der Waals surface area contributed by atoms with Gasteiger partial charge in [0, 0.05) is 24.5 Å². The number of nitrogens with zero attached hydrogens (tertiary/aromatic N) is 4. The van der Waals surface area contributed by atoms with Gasteiger partial charge in [-0.1, -0.05) is 6.07 Å². The highest BCUT2D eigenvalue weighted by Gasteiger charge is 2.13. The molecule has 26 heavy (non-hydrogen) atoms. The van der Waals surface area contributed by atoms with E-state index in [0.29, 0.717) is 11.6 Å². The lowest BCUT2D eigenvalue weighted by molar-refractivity contribution is 0.122. The number of benzene rings is 2. The number of hydrogen-bond acceptors (Lipinski definition) is 5. The molecule has 1 aliphatic rings. The van der Waals surface area contributed by atoms with E-state index >= 15 is 0 Å². The van der Waals surface area contributed by atoms with Crippen molar-refractivity contribution in [3.8, 4) is 5.69 Å². The number of aryl methyl sites for hydroxylation is 1. The third-order valence-electron chi connectivity index (χ3n) is 4.26. The van der Waals surface area contributed by atoms with Crippen LogP contribution in [-0.4, -0.2) is 41.1 Å². The van der Waals surface area contributed by atoms with Crippen LogP contribution in [0.2, 0.25) is 0 Å². The van der Waals surface area contributed by atoms with Gasteiger partial charge in [-0.05, 0) is 48.9 Å². The molecule has 4 rings (SSSR count). The van der Waals surface area contributed by atoms with Crippen molar-refractivity contribution in [2.45, 2.75) is 6.92 Å². The van der Waals surface area contributed by atoms with Crippen LogP contribution < -0.4 is 10.2 Å². The Bertz CT molecular complexity index is 904. The molecular weight excluding hydrogens is 333 g/mol. The smallest absolute Gasteiger partial charge is 0.246 e. The molecule has 0 atom stereocenters.